The number of benzene rings is 2. The first kappa shape index (κ1) is 17.6. The number of pyridine rings is 1. The largest absolute Gasteiger partial charge is 0.394 e. The fourth-order valence-electron chi connectivity index (χ4n) is 2.88. The Kier molecular flexibility index (Phi) is 4.69. The van der Waals surface area contributed by atoms with Crippen molar-refractivity contribution in [1.29, 1.82) is 0 Å². The average Bonchev–Trinajstić information content (AvgIpc) is 3.19. The Morgan fingerprint density at radius 2 is 1.93 bits per heavy atom. The van der Waals surface area contributed by atoms with Crippen LogP contribution in [-0.2, 0) is 4.79 Å². The lowest BCUT2D eigenvalue weighted by molar-refractivity contribution is -0.118. The van der Waals surface area contributed by atoms with Crippen LogP contribution in [0.2, 0.25) is 0 Å². The Hall–Kier alpha value is -3.78. The summed E-state index contributed by atoms with van der Waals surface area (Å²) in [5.74, 6) is -1.01. The number of aromatic nitrogens is 3. The molecule has 0 radical (unpaired) electrons. The highest BCUT2D eigenvalue weighted by atomic mass is 16.3. The summed E-state index contributed by atoms with van der Waals surface area (Å²) in [5, 5.41) is 23.3. The molecule has 2 aromatic heterocycles. The first-order valence-corrected chi connectivity index (χ1v) is 8.64. The number of carbonyl (C=O) groups excluding carboxylic acids is 2. The number of hydrogen-bond acceptors (Lipinski definition) is 5. The molecule has 2 heterocycles. The third kappa shape index (κ3) is 3.53. The molecule has 0 saturated carbocycles. The van der Waals surface area contributed by atoms with Crippen molar-refractivity contribution in [3.63, 3.8) is 0 Å². The number of aromatic amines is 1. The Morgan fingerprint density at radius 1 is 1.07 bits per heavy atom. The molecule has 0 aliphatic carbocycles. The van der Waals surface area contributed by atoms with Crippen LogP contribution >= 0.6 is 0 Å². The standard InChI is InChI=1S/C20H17N5O3/c26-11-18(20(28)23-15-6-5-13-10-22-25-17(13)8-15)24-19(27)14-7-12-3-1-2-4-16(12)21-9-14/h1-10,18,26H,11H2,(H,22,25)(H,23,28)(H,24,27)/t18-/m0/s1. The zero-order valence-corrected chi connectivity index (χ0v) is 14.7. The van der Waals surface area contributed by atoms with Gasteiger partial charge in [-0.3, -0.25) is 19.7 Å². The van der Waals surface area contributed by atoms with E-state index in [0.717, 1.165) is 21.8 Å². The van der Waals surface area contributed by atoms with Crippen LogP contribution in [0.1, 0.15) is 10.4 Å². The SMILES string of the molecule is O=C(N[C@@H](CO)C(=O)Nc1ccc2cn[nH]c2c1)c1cnc2ccccc2c1. The van der Waals surface area contributed by atoms with Crippen LogP contribution < -0.4 is 10.6 Å². The molecule has 0 aliphatic rings. The van der Waals surface area contributed by atoms with Crippen molar-refractivity contribution in [3.05, 3.63) is 66.5 Å². The highest BCUT2D eigenvalue weighted by Gasteiger charge is 2.21. The Bertz CT molecular complexity index is 1170. The summed E-state index contributed by atoms with van der Waals surface area (Å²) >= 11 is 0. The number of aliphatic hydroxyl groups excluding tert-OH is 1. The monoisotopic (exact) mass is 375 g/mol. The van der Waals surface area contributed by atoms with E-state index in [-0.39, 0.29) is 0 Å². The number of rotatable bonds is 5. The maximum Gasteiger partial charge on any atom is 0.253 e. The van der Waals surface area contributed by atoms with Gasteiger partial charge in [0.2, 0.25) is 5.91 Å². The number of anilines is 1. The fourth-order valence-corrected chi connectivity index (χ4v) is 2.88. The predicted molar refractivity (Wildman–Crippen MR) is 105 cm³/mol. The Labute approximate surface area is 159 Å². The minimum Gasteiger partial charge on any atom is -0.394 e. The molecule has 8 nitrogen and oxygen atoms in total. The lowest BCUT2D eigenvalue weighted by Crippen LogP contribution is -2.46. The molecule has 2 amide bonds. The molecule has 0 aliphatic heterocycles. The topological polar surface area (TPSA) is 120 Å². The van der Waals surface area contributed by atoms with Crippen molar-refractivity contribution in [2.45, 2.75) is 6.04 Å². The maximum atomic E-state index is 12.5. The summed E-state index contributed by atoms with van der Waals surface area (Å²) in [5.41, 5.74) is 2.37. The minimum absolute atomic E-state index is 0.309. The second-order valence-corrected chi connectivity index (χ2v) is 6.29. The summed E-state index contributed by atoms with van der Waals surface area (Å²) in [6.07, 6.45) is 3.12. The van der Waals surface area contributed by atoms with Gasteiger partial charge in [0, 0.05) is 22.7 Å². The quantitative estimate of drug-likeness (QED) is 0.424. The zero-order valence-electron chi connectivity index (χ0n) is 14.7. The van der Waals surface area contributed by atoms with Gasteiger partial charge in [0.25, 0.3) is 5.91 Å². The van der Waals surface area contributed by atoms with E-state index in [2.05, 4.69) is 25.8 Å². The van der Waals surface area contributed by atoms with Crippen LogP contribution in [0.15, 0.2) is 60.9 Å². The van der Waals surface area contributed by atoms with Crippen molar-refractivity contribution in [3.8, 4) is 0 Å². The van der Waals surface area contributed by atoms with Gasteiger partial charge < -0.3 is 15.7 Å². The zero-order chi connectivity index (χ0) is 19.5. The number of hydrogen-bond donors (Lipinski definition) is 4. The van der Waals surface area contributed by atoms with Crippen molar-refractivity contribution in [1.82, 2.24) is 20.5 Å². The molecule has 4 aromatic rings. The number of nitrogens with zero attached hydrogens (tertiary/aromatic N) is 2. The van der Waals surface area contributed by atoms with E-state index in [4.69, 9.17) is 0 Å². The predicted octanol–water partition coefficient (Wildman–Crippen LogP) is 1.84. The van der Waals surface area contributed by atoms with Crippen LogP contribution in [0.3, 0.4) is 0 Å². The molecule has 28 heavy (non-hydrogen) atoms. The third-order valence-corrected chi connectivity index (χ3v) is 4.37. The maximum absolute atomic E-state index is 12.5. The molecule has 0 fully saturated rings. The molecule has 0 saturated heterocycles. The second kappa shape index (κ2) is 7.45. The van der Waals surface area contributed by atoms with Crippen LogP contribution in [0.5, 0.6) is 0 Å². The Morgan fingerprint density at radius 3 is 2.79 bits per heavy atom. The van der Waals surface area contributed by atoms with Gasteiger partial charge in [-0.05, 0) is 30.3 Å². The van der Waals surface area contributed by atoms with Crippen molar-refractivity contribution < 1.29 is 14.7 Å². The van der Waals surface area contributed by atoms with E-state index >= 15 is 0 Å². The van der Waals surface area contributed by atoms with E-state index < -0.39 is 24.5 Å². The van der Waals surface area contributed by atoms with Crippen LogP contribution in [0, 0.1) is 0 Å². The van der Waals surface area contributed by atoms with E-state index in [1.807, 2.05) is 30.3 Å². The normalized spacial score (nSPS) is 12.0. The van der Waals surface area contributed by atoms with Gasteiger partial charge in [-0.2, -0.15) is 5.10 Å². The van der Waals surface area contributed by atoms with Gasteiger partial charge in [-0.25, -0.2) is 0 Å². The lowest BCUT2D eigenvalue weighted by Gasteiger charge is -2.16. The molecule has 1 atom stereocenters. The van der Waals surface area contributed by atoms with Gasteiger partial charge in [-0.15, -0.1) is 0 Å². The second-order valence-electron chi connectivity index (χ2n) is 6.29. The van der Waals surface area contributed by atoms with E-state index in [9.17, 15) is 14.7 Å². The molecule has 8 heteroatoms. The average molecular weight is 375 g/mol. The van der Waals surface area contributed by atoms with Gasteiger partial charge in [0.1, 0.15) is 6.04 Å². The summed E-state index contributed by atoms with van der Waals surface area (Å²) in [4.78, 5) is 29.2. The summed E-state index contributed by atoms with van der Waals surface area (Å²) in [7, 11) is 0. The summed E-state index contributed by atoms with van der Waals surface area (Å²) < 4.78 is 0. The van der Waals surface area contributed by atoms with Gasteiger partial charge in [0.15, 0.2) is 0 Å². The molecular weight excluding hydrogens is 358 g/mol. The number of nitrogens with one attached hydrogen (secondary N) is 3. The first-order valence-electron chi connectivity index (χ1n) is 8.64. The number of para-hydroxylation sites is 1. The van der Waals surface area contributed by atoms with Crippen molar-refractivity contribution >= 4 is 39.3 Å². The highest BCUT2D eigenvalue weighted by Crippen LogP contribution is 2.17. The molecule has 0 unspecified atom stereocenters. The number of carbonyl (C=O) groups is 2. The smallest absolute Gasteiger partial charge is 0.253 e. The van der Waals surface area contributed by atoms with Crippen molar-refractivity contribution in [2.75, 3.05) is 11.9 Å². The molecule has 4 N–H and O–H groups in total. The molecule has 0 bridgehead atoms. The molecule has 2 aromatic carbocycles. The van der Waals surface area contributed by atoms with Crippen LogP contribution in [0.4, 0.5) is 5.69 Å². The molecule has 4 rings (SSSR count). The van der Waals surface area contributed by atoms with Crippen molar-refractivity contribution in [2.24, 2.45) is 0 Å². The van der Waals surface area contributed by atoms with E-state index in [1.165, 1.54) is 6.20 Å². The third-order valence-electron chi connectivity index (χ3n) is 4.37. The first-order chi connectivity index (χ1) is 13.6. The van der Waals surface area contributed by atoms with Crippen LogP contribution in [-0.4, -0.2) is 44.8 Å². The van der Waals surface area contributed by atoms with E-state index in [1.54, 1.807) is 24.4 Å². The molecule has 0 spiro atoms. The summed E-state index contributed by atoms with van der Waals surface area (Å²) in [6.45, 7) is -0.537. The van der Waals surface area contributed by atoms with Gasteiger partial charge >= 0.3 is 0 Å². The summed E-state index contributed by atoms with van der Waals surface area (Å²) in [6, 6.07) is 13.3. The number of fused-ring (bicyclic) bond motifs is 2. The van der Waals surface area contributed by atoms with Gasteiger partial charge in [-0.1, -0.05) is 18.2 Å². The lowest BCUT2D eigenvalue weighted by atomic mass is 10.1. The Balaban J connectivity index is 1.47. The highest BCUT2D eigenvalue weighted by molar-refractivity contribution is 6.02. The van der Waals surface area contributed by atoms with Crippen LogP contribution in [0.25, 0.3) is 21.8 Å². The van der Waals surface area contributed by atoms with Gasteiger partial charge in [0.05, 0.1) is 29.4 Å². The molecular formula is C20H17N5O3. The minimum atomic E-state index is -1.10. The van der Waals surface area contributed by atoms with E-state index in [0.29, 0.717) is 11.3 Å². The molecule has 140 valence electrons. The number of H-pyrrole nitrogens is 1. The number of aliphatic hydroxyl groups is 1. The fraction of sp³-hybridized carbons (Fsp3) is 0.100. The number of amides is 2.